The quantitative estimate of drug-likeness (QED) is 0.266. The van der Waals surface area contributed by atoms with E-state index in [0.717, 1.165) is 29.0 Å². The van der Waals surface area contributed by atoms with Gasteiger partial charge in [0.2, 0.25) is 11.0 Å². The number of nitrogens with one attached hydrogen (secondary N) is 3. The molecule has 0 saturated heterocycles. The largest absolute Gasteiger partial charge is 0.416 e. The molecule has 190 valence electrons. The average Bonchev–Trinajstić information content (AvgIpc) is 3.32. The summed E-state index contributed by atoms with van der Waals surface area (Å²) in [4.78, 5) is 25.7. The molecule has 1 heterocycles. The van der Waals surface area contributed by atoms with Crippen LogP contribution in [0, 0.1) is 5.82 Å². The highest BCUT2D eigenvalue weighted by Crippen LogP contribution is 2.30. The van der Waals surface area contributed by atoms with Crippen molar-refractivity contribution >= 4 is 34.1 Å². The number of halogens is 4. The zero-order valence-corrected chi connectivity index (χ0v) is 19.7. The van der Waals surface area contributed by atoms with Gasteiger partial charge in [-0.3, -0.25) is 10.1 Å². The maximum atomic E-state index is 13.2. The molecule has 0 spiro atoms. The van der Waals surface area contributed by atoms with Crippen LogP contribution in [0.25, 0.3) is 10.6 Å². The normalized spacial score (nSPS) is 12.0. The molecular weight excluding hydrogens is 510 g/mol. The molecule has 3 N–H and O–H groups in total. The van der Waals surface area contributed by atoms with Crippen LogP contribution in [0.15, 0.2) is 78.9 Å². The molecule has 0 aliphatic rings. The van der Waals surface area contributed by atoms with Gasteiger partial charge in [-0.05, 0) is 48.0 Å². The number of hydrogen-bond donors (Lipinski definition) is 3. The number of benzene rings is 3. The van der Waals surface area contributed by atoms with E-state index < -0.39 is 35.5 Å². The van der Waals surface area contributed by atoms with E-state index in [4.69, 9.17) is 0 Å². The minimum absolute atomic E-state index is 0.0840. The van der Waals surface area contributed by atoms with Gasteiger partial charge in [0.1, 0.15) is 16.9 Å². The maximum Gasteiger partial charge on any atom is 0.416 e. The van der Waals surface area contributed by atoms with Gasteiger partial charge in [0.05, 0.1) is 5.56 Å². The highest BCUT2D eigenvalue weighted by Gasteiger charge is 2.30. The fourth-order valence-electron chi connectivity index (χ4n) is 3.33. The van der Waals surface area contributed by atoms with Crippen molar-refractivity contribution in [3.05, 3.63) is 95.8 Å². The Hall–Kier alpha value is -4.32. The van der Waals surface area contributed by atoms with E-state index in [1.807, 2.05) is 0 Å². The highest BCUT2D eigenvalue weighted by molar-refractivity contribution is 7.18. The molecule has 0 aliphatic heterocycles. The Bertz CT molecular complexity index is 1380. The van der Waals surface area contributed by atoms with Gasteiger partial charge in [-0.1, -0.05) is 47.7 Å². The fraction of sp³-hybridized carbons (Fsp3) is 0.120. The van der Waals surface area contributed by atoms with Crippen molar-refractivity contribution in [1.29, 1.82) is 0 Å². The number of alkyl halides is 3. The summed E-state index contributed by atoms with van der Waals surface area (Å²) < 4.78 is 52.2. The summed E-state index contributed by atoms with van der Waals surface area (Å²) in [7, 11) is 0. The number of hydrogen-bond acceptors (Lipinski definition) is 5. The second-order valence-electron chi connectivity index (χ2n) is 7.83. The van der Waals surface area contributed by atoms with Crippen LogP contribution in [-0.4, -0.2) is 28.2 Å². The van der Waals surface area contributed by atoms with Crippen LogP contribution in [0.1, 0.15) is 11.1 Å². The predicted molar refractivity (Wildman–Crippen MR) is 131 cm³/mol. The molecule has 1 aromatic heterocycles. The lowest BCUT2D eigenvalue weighted by Crippen LogP contribution is -2.46. The van der Waals surface area contributed by atoms with E-state index in [9.17, 15) is 27.2 Å². The Morgan fingerprint density at radius 3 is 2.32 bits per heavy atom. The van der Waals surface area contributed by atoms with Crippen molar-refractivity contribution < 1.29 is 27.2 Å². The Morgan fingerprint density at radius 1 is 0.892 bits per heavy atom. The first kappa shape index (κ1) is 25.8. The van der Waals surface area contributed by atoms with Crippen molar-refractivity contribution in [3.63, 3.8) is 0 Å². The number of anilines is 2. The third-order valence-corrected chi connectivity index (χ3v) is 5.99. The van der Waals surface area contributed by atoms with Crippen molar-refractivity contribution in [2.45, 2.75) is 18.6 Å². The number of nitrogens with zero attached hydrogens (tertiary/aromatic N) is 2. The average molecular weight is 530 g/mol. The van der Waals surface area contributed by atoms with E-state index in [0.29, 0.717) is 10.6 Å². The van der Waals surface area contributed by atoms with Crippen LogP contribution in [0.2, 0.25) is 0 Å². The molecule has 0 saturated carbocycles. The van der Waals surface area contributed by atoms with Crippen LogP contribution < -0.4 is 16.0 Å². The molecule has 3 amide bonds. The summed E-state index contributed by atoms with van der Waals surface area (Å²) in [5.41, 5.74) is 0.349. The number of amides is 3. The molecule has 4 rings (SSSR count). The molecule has 4 aromatic rings. The summed E-state index contributed by atoms with van der Waals surface area (Å²) in [5, 5.41) is 16.0. The molecule has 0 fully saturated rings. The second kappa shape index (κ2) is 11.2. The van der Waals surface area contributed by atoms with Gasteiger partial charge >= 0.3 is 12.2 Å². The molecule has 12 heteroatoms. The van der Waals surface area contributed by atoms with Gasteiger partial charge < -0.3 is 10.6 Å². The minimum Gasteiger partial charge on any atom is -0.326 e. The highest BCUT2D eigenvalue weighted by atomic mass is 32.1. The van der Waals surface area contributed by atoms with E-state index in [-0.39, 0.29) is 17.2 Å². The van der Waals surface area contributed by atoms with Crippen LogP contribution in [0.4, 0.5) is 33.2 Å². The molecule has 1 unspecified atom stereocenters. The monoisotopic (exact) mass is 529 g/mol. The summed E-state index contributed by atoms with van der Waals surface area (Å²) in [6, 6.07) is 16.7. The number of rotatable bonds is 7. The van der Waals surface area contributed by atoms with E-state index >= 15 is 0 Å². The molecule has 7 nitrogen and oxygen atoms in total. The zero-order chi connectivity index (χ0) is 26.4. The molecule has 0 radical (unpaired) electrons. The predicted octanol–water partition coefficient (Wildman–Crippen LogP) is 5.73. The lowest BCUT2D eigenvalue weighted by molar-refractivity contribution is -0.137. The van der Waals surface area contributed by atoms with Crippen molar-refractivity contribution in [2.75, 3.05) is 10.6 Å². The zero-order valence-electron chi connectivity index (χ0n) is 18.9. The van der Waals surface area contributed by atoms with Crippen molar-refractivity contribution in [2.24, 2.45) is 0 Å². The third-order valence-electron chi connectivity index (χ3n) is 5.10. The minimum atomic E-state index is -4.57. The molecule has 0 bridgehead atoms. The molecule has 37 heavy (non-hydrogen) atoms. The lowest BCUT2D eigenvalue weighted by Gasteiger charge is -2.18. The van der Waals surface area contributed by atoms with Crippen LogP contribution in [0.5, 0.6) is 0 Å². The summed E-state index contributed by atoms with van der Waals surface area (Å²) in [6.07, 6.45) is -4.47. The maximum absolute atomic E-state index is 13.2. The summed E-state index contributed by atoms with van der Waals surface area (Å²) in [5.74, 6) is -1.01. The number of aromatic nitrogens is 2. The van der Waals surface area contributed by atoms with Gasteiger partial charge in [-0.25, -0.2) is 9.18 Å². The first-order chi connectivity index (χ1) is 17.7. The van der Waals surface area contributed by atoms with Crippen LogP contribution in [0.3, 0.4) is 0 Å². The SMILES string of the molecule is O=C(Nc1cccc(C(F)(F)F)c1)NC(Cc1ccccc1)C(=O)Nc1nnc(-c2ccc(F)cc2)s1. The molecule has 0 aliphatic carbocycles. The lowest BCUT2D eigenvalue weighted by atomic mass is 10.1. The second-order valence-corrected chi connectivity index (χ2v) is 8.81. The first-order valence-corrected chi connectivity index (χ1v) is 11.7. The van der Waals surface area contributed by atoms with Crippen LogP contribution in [-0.2, 0) is 17.4 Å². The van der Waals surface area contributed by atoms with Gasteiger partial charge in [0.15, 0.2) is 0 Å². The third kappa shape index (κ3) is 7.10. The Balaban J connectivity index is 1.47. The standard InChI is InChI=1S/C25H19F4N5O2S/c26-18-11-9-16(10-12-18)22-33-34-24(37-22)32-21(35)20(13-15-5-2-1-3-6-15)31-23(36)30-19-8-4-7-17(14-19)25(27,28)29/h1-12,14,20H,13H2,(H2,30,31,36)(H,32,34,35). The van der Waals surface area contributed by atoms with E-state index in [1.54, 1.807) is 30.3 Å². The van der Waals surface area contributed by atoms with Gasteiger partial charge in [0, 0.05) is 17.7 Å². The van der Waals surface area contributed by atoms with Crippen molar-refractivity contribution in [1.82, 2.24) is 15.5 Å². The first-order valence-electron chi connectivity index (χ1n) is 10.9. The molecule has 1 atom stereocenters. The van der Waals surface area contributed by atoms with Gasteiger partial charge in [-0.2, -0.15) is 13.2 Å². The number of carbonyl (C=O) groups is 2. The Morgan fingerprint density at radius 2 is 1.62 bits per heavy atom. The van der Waals surface area contributed by atoms with E-state index in [1.165, 1.54) is 36.4 Å². The smallest absolute Gasteiger partial charge is 0.326 e. The summed E-state index contributed by atoms with van der Waals surface area (Å²) >= 11 is 1.06. The van der Waals surface area contributed by atoms with Crippen LogP contribution >= 0.6 is 11.3 Å². The summed E-state index contributed by atoms with van der Waals surface area (Å²) in [6.45, 7) is 0. The van der Waals surface area contributed by atoms with Gasteiger partial charge in [0.25, 0.3) is 0 Å². The Kier molecular flexibility index (Phi) is 7.77. The molecular formula is C25H19F4N5O2S. The molecule has 3 aromatic carbocycles. The fourth-order valence-corrected chi connectivity index (χ4v) is 4.09. The topological polar surface area (TPSA) is 96.0 Å². The van der Waals surface area contributed by atoms with Gasteiger partial charge in [-0.15, -0.1) is 10.2 Å². The van der Waals surface area contributed by atoms with Crippen molar-refractivity contribution in [3.8, 4) is 10.6 Å². The number of urea groups is 1. The number of carbonyl (C=O) groups excluding carboxylic acids is 2. The Labute approximate surface area is 212 Å². The van der Waals surface area contributed by atoms with E-state index in [2.05, 4.69) is 26.1 Å².